The van der Waals surface area contributed by atoms with Crippen LogP contribution >= 0.6 is 0 Å². The van der Waals surface area contributed by atoms with Crippen molar-refractivity contribution in [1.29, 1.82) is 0 Å². The molecular formula is C11H16N2O. The molecule has 3 nitrogen and oxygen atoms in total. The molecule has 1 aliphatic heterocycles. The first kappa shape index (κ1) is 9.62. The Morgan fingerprint density at radius 1 is 1.57 bits per heavy atom. The van der Waals surface area contributed by atoms with Gasteiger partial charge < -0.3 is 5.11 Å². The van der Waals surface area contributed by atoms with Gasteiger partial charge >= 0.3 is 0 Å². The molecule has 2 rings (SSSR count). The Labute approximate surface area is 84.4 Å². The maximum absolute atomic E-state index is 9.43. The van der Waals surface area contributed by atoms with Gasteiger partial charge in [0, 0.05) is 25.3 Å². The van der Waals surface area contributed by atoms with Crippen molar-refractivity contribution >= 4 is 0 Å². The quantitative estimate of drug-likeness (QED) is 0.765. The monoisotopic (exact) mass is 192 g/mol. The van der Waals surface area contributed by atoms with Crippen molar-refractivity contribution in [2.75, 3.05) is 13.1 Å². The predicted octanol–water partition coefficient (Wildman–Crippen LogP) is 1.21. The van der Waals surface area contributed by atoms with E-state index in [9.17, 15) is 5.11 Å². The summed E-state index contributed by atoms with van der Waals surface area (Å²) >= 11 is 0. The summed E-state index contributed by atoms with van der Waals surface area (Å²) < 4.78 is 0. The van der Waals surface area contributed by atoms with Crippen LogP contribution in [0.25, 0.3) is 0 Å². The summed E-state index contributed by atoms with van der Waals surface area (Å²) in [6, 6.07) is 6.28. The molecule has 2 atom stereocenters. The largest absolute Gasteiger partial charge is 0.392 e. The van der Waals surface area contributed by atoms with Crippen molar-refractivity contribution in [3.8, 4) is 0 Å². The second kappa shape index (κ2) is 4.07. The minimum Gasteiger partial charge on any atom is -0.392 e. The van der Waals surface area contributed by atoms with E-state index in [1.54, 1.807) is 0 Å². The van der Waals surface area contributed by atoms with Crippen LogP contribution in [0.3, 0.4) is 0 Å². The fraction of sp³-hybridized carbons (Fsp3) is 0.545. The van der Waals surface area contributed by atoms with E-state index in [-0.39, 0.29) is 6.10 Å². The van der Waals surface area contributed by atoms with Gasteiger partial charge in [0.25, 0.3) is 0 Å². The van der Waals surface area contributed by atoms with Gasteiger partial charge in [-0.3, -0.25) is 9.88 Å². The Kier molecular flexibility index (Phi) is 2.79. The topological polar surface area (TPSA) is 36.4 Å². The molecule has 0 radical (unpaired) electrons. The highest BCUT2D eigenvalue weighted by molar-refractivity contribution is 5.08. The standard InChI is InChI=1S/C11H16N2O/c1-9(11-4-2-3-6-12-11)13-7-5-10(14)8-13/h2-4,6,9-10,14H,5,7-8H2,1H3/t9-,10+/m1/s1. The van der Waals surface area contributed by atoms with E-state index >= 15 is 0 Å². The molecule has 0 bridgehead atoms. The van der Waals surface area contributed by atoms with Crippen LogP contribution in [0, 0.1) is 0 Å². The Balaban J connectivity index is 2.05. The van der Waals surface area contributed by atoms with E-state index in [1.807, 2.05) is 24.4 Å². The minimum atomic E-state index is -0.152. The number of nitrogens with zero attached hydrogens (tertiary/aromatic N) is 2. The van der Waals surface area contributed by atoms with Crippen LogP contribution < -0.4 is 0 Å². The Morgan fingerprint density at radius 2 is 2.43 bits per heavy atom. The molecule has 0 unspecified atom stereocenters. The zero-order chi connectivity index (χ0) is 9.97. The van der Waals surface area contributed by atoms with Crippen LogP contribution in [0.15, 0.2) is 24.4 Å². The molecule has 1 fully saturated rings. The third kappa shape index (κ3) is 1.94. The number of likely N-dealkylation sites (tertiary alicyclic amines) is 1. The Bertz CT molecular complexity index is 289. The molecule has 0 amide bonds. The Morgan fingerprint density at radius 3 is 3.00 bits per heavy atom. The van der Waals surface area contributed by atoms with Crippen LogP contribution in [0.1, 0.15) is 25.1 Å². The molecule has 14 heavy (non-hydrogen) atoms. The van der Waals surface area contributed by atoms with Crippen LogP contribution in [0.5, 0.6) is 0 Å². The van der Waals surface area contributed by atoms with Crippen molar-refractivity contribution in [2.24, 2.45) is 0 Å². The molecule has 1 N–H and O–H groups in total. The van der Waals surface area contributed by atoms with Gasteiger partial charge in [0.05, 0.1) is 11.8 Å². The van der Waals surface area contributed by atoms with Crippen molar-refractivity contribution in [3.05, 3.63) is 30.1 Å². The minimum absolute atomic E-state index is 0.152. The van der Waals surface area contributed by atoms with E-state index in [4.69, 9.17) is 0 Å². The van der Waals surface area contributed by atoms with E-state index in [0.717, 1.165) is 25.2 Å². The smallest absolute Gasteiger partial charge is 0.0679 e. The highest BCUT2D eigenvalue weighted by Crippen LogP contribution is 2.22. The van der Waals surface area contributed by atoms with Crippen molar-refractivity contribution < 1.29 is 5.11 Å². The lowest BCUT2D eigenvalue weighted by molar-refractivity contribution is 0.162. The van der Waals surface area contributed by atoms with Gasteiger partial charge in [0.15, 0.2) is 0 Å². The normalized spacial score (nSPS) is 25.1. The first-order chi connectivity index (χ1) is 6.77. The number of aliphatic hydroxyl groups is 1. The number of hydrogen-bond donors (Lipinski definition) is 1. The van der Waals surface area contributed by atoms with Crippen LogP contribution in [-0.2, 0) is 0 Å². The molecule has 0 aliphatic carbocycles. The molecular weight excluding hydrogens is 176 g/mol. The van der Waals surface area contributed by atoms with E-state index in [1.165, 1.54) is 0 Å². The van der Waals surface area contributed by atoms with E-state index in [0.29, 0.717) is 6.04 Å². The molecule has 2 heterocycles. The van der Waals surface area contributed by atoms with Gasteiger partial charge in [-0.2, -0.15) is 0 Å². The summed E-state index contributed by atoms with van der Waals surface area (Å²) in [5.41, 5.74) is 1.08. The molecule has 0 aromatic carbocycles. The molecule has 0 saturated carbocycles. The van der Waals surface area contributed by atoms with Crippen LogP contribution in [0.2, 0.25) is 0 Å². The summed E-state index contributed by atoms with van der Waals surface area (Å²) in [7, 11) is 0. The molecule has 0 spiro atoms. The zero-order valence-electron chi connectivity index (χ0n) is 8.43. The number of aromatic nitrogens is 1. The van der Waals surface area contributed by atoms with Crippen molar-refractivity contribution in [1.82, 2.24) is 9.88 Å². The number of rotatable bonds is 2. The fourth-order valence-electron chi connectivity index (χ4n) is 1.93. The number of hydrogen-bond acceptors (Lipinski definition) is 3. The van der Waals surface area contributed by atoms with E-state index in [2.05, 4.69) is 16.8 Å². The molecule has 1 saturated heterocycles. The van der Waals surface area contributed by atoms with Crippen molar-refractivity contribution in [2.45, 2.75) is 25.5 Å². The predicted molar refractivity (Wildman–Crippen MR) is 54.8 cm³/mol. The third-order valence-corrected chi connectivity index (χ3v) is 2.86. The second-order valence-corrected chi connectivity index (χ2v) is 3.87. The molecule has 1 aromatic rings. The van der Waals surface area contributed by atoms with Gasteiger partial charge in [0.2, 0.25) is 0 Å². The van der Waals surface area contributed by atoms with E-state index < -0.39 is 0 Å². The fourth-order valence-corrected chi connectivity index (χ4v) is 1.93. The summed E-state index contributed by atoms with van der Waals surface area (Å²) in [6.07, 6.45) is 2.55. The maximum atomic E-state index is 9.43. The summed E-state index contributed by atoms with van der Waals surface area (Å²) in [4.78, 5) is 6.60. The average Bonchev–Trinajstić information content (AvgIpc) is 2.65. The molecule has 76 valence electrons. The first-order valence-corrected chi connectivity index (χ1v) is 5.10. The lowest BCUT2D eigenvalue weighted by atomic mass is 10.2. The van der Waals surface area contributed by atoms with Gasteiger partial charge in [-0.05, 0) is 25.5 Å². The third-order valence-electron chi connectivity index (χ3n) is 2.86. The van der Waals surface area contributed by atoms with Gasteiger partial charge in [-0.25, -0.2) is 0 Å². The maximum Gasteiger partial charge on any atom is 0.0679 e. The van der Waals surface area contributed by atoms with Crippen molar-refractivity contribution in [3.63, 3.8) is 0 Å². The van der Waals surface area contributed by atoms with Gasteiger partial charge in [-0.15, -0.1) is 0 Å². The van der Waals surface area contributed by atoms with Gasteiger partial charge in [0.1, 0.15) is 0 Å². The second-order valence-electron chi connectivity index (χ2n) is 3.87. The summed E-state index contributed by atoms with van der Waals surface area (Å²) in [5.74, 6) is 0. The zero-order valence-corrected chi connectivity index (χ0v) is 8.43. The van der Waals surface area contributed by atoms with Gasteiger partial charge in [-0.1, -0.05) is 6.07 Å². The highest BCUT2D eigenvalue weighted by atomic mass is 16.3. The number of β-amino-alcohol motifs (C(OH)–C–C–N with tert-alkyl or cyclic N) is 1. The summed E-state index contributed by atoms with van der Waals surface area (Å²) in [5, 5.41) is 9.43. The number of aliphatic hydroxyl groups excluding tert-OH is 1. The highest BCUT2D eigenvalue weighted by Gasteiger charge is 2.25. The number of pyridine rings is 1. The SMILES string of the molecule is C[C@H](c1ccccn1)N1CC[C@H](O)C1. The summed E-state index contributed by atoms with van der Waals surface area (Å²) in [6.45, 7) is 3.89. The average molecular weight is 192 g/mol. The van der Waals surface area contributed by atoms with Crippen LogP contribution in [0.4, 0.5) is 0 Å². The first-order valence-electron chi connectivity index (χ1n) is 5.10. The lowest BCUT2D eigenvalue weighted by Crippen LogP contribution is -2.26. The molecule has 1 aliphatic rings. The van der Waals surface area contributed by atoms with Crippen LogP contribution in [-0.4, -0.2) is 34.2 Å². The Hall–Kier alpha value is -0.930. The molecule has 3 heteroatoms. The molecule has 1 aromatic heterocycles. The lowest BCUT2D eigenvalue weighted by Gasteiger charge is -2.22.